The second-order valence-electron chi connectivity index (χ2n) is 9.63. The minimum absolute atomic E-state index is 0.572. The summed E-state index contributed by atoms with van der Waals surface area (Å²) in [6.07, 6.45) is 14.5. The molecule has 0 radical (unpaired) electrons. The van der Waals surface area contributed by atoms with Gasteiger partial charge in [0, 0.05) is 0 Å². The van der Waals surface area contributed by atoms with Gasteiger partial charge in [-0.2, -0.15) is 0 Å². The summed E-state index contributed by atoms with van der Waals surface area (Å²) in [4.78, 5) is 0. The first kappa shape index (κ1) is 14.3. The van der Waals surface area contributed by atoms with Crippen molar-refractivity contribution >= 4 is 0 Å². The second kappa shape index (κ2) is 4.62. The Kier molecular flexibility index (Phi) is 3.15. The van der Waals surface area contributed by atoms with Crippen LogP contribution >= 0.6 is 0 Å². The van der Waals surface area contributed by atoms with Gasteiger partial charge in [0.15, 0.2) is 0 Å². The molecule has 0 aromatic carbocycles. The van der Waals surface area contributed by atoms with Crippen LogP contribution in [0.2, 0.25) is 0 Å². The van der Waals surface area contributed by atoms with E-state index in [1.54, 1.807) is 0 Å². The summed E-state index contributed by atoms with van der Waals surface area (Å²) >= 11 is 0. The SMILES string of the molecule is C[C@@H]1CCC2(C)C(=CCC3C2CCC2(C)C3CC[C@H]2C)C1. The Morgan fingerprint density at radius 3 is 2.57 bits per heavy atom. The Bertz CT molecular complexity index is 461. The zero-order valence-electron chi connectivity index (χ0n) is 14.6. The molecule has 0 N–H and O–H groups in total. The van der Waals surface area contributed by atoms with Crippen LogP contribution in [0.25, 0.3) is 0 Å². The van der Waals surface area contributed by atoms with Crippen molar-refractivity contribution < 1.29 is 0 Å². The van der Waals surface area contributed by atoms with E-state index in [2.05, 4.69) is 33.8 Å². The van der Waals surface area contributed by atoms with Crippen LogP contribution < -0.4 is 0 Å². The lowest BCUT2D eigenvalue weighted by molar-refractivity contribution is -0.0411. The van der Waals surface area contributed by atoms with Crippen LogP contribution in [0.15, 0.2) is 11.6 Å². The van der Waals surface area contributed by atoms with Gasteiger partial charge < -0.3 is 0 Å². The molecule has 5 unspecified atom stereocenters. The van der Waals surface area contributed by atoms with Crippen molar-refractivity contribution in [1.82, 2.24) is 0 Å². The van der Waals surface area contributed by atoms with Crippen molar-refractivity contribution in [2.45, 2.75) is 79.1 Å². The summed E-state index contributed by atoms with van der Waals surface area (Å²) in [6, 6.07) is 0. The first-order valence-corrected chi connectivity index (χ1v) is 9.64. The first-order valence-electron chi connectivity index (χ1n) is 9.64. The van der Waals surface area contributed by atoms with Gasteiger partial charge in [-0.25, -0.2) is 0 Å². The average molecular weight is 287 g/mol. The molecule has 118 valence electrons. The Morgan fingerprint density at radius 2 is 1.76 bits per heavy atom. The lowest BCUT2D eigenvalue weighted by Crippen LogP contribution is -2.49. The Morgan fingerprint density at radius 1 is 0.952 bits per heavy atom. The molecule has 0 heteroatoms. The summed E-state index contributed by atoms with van der Waals surface area (Å²) in [5, 5.41) is 0. The van der Waals surface area contributed by atoms with Crippen molar-refractivity contribution in [1.29, 1.82) is 0 Å². The summed E-state index contributed by atoms with van der Waals surface area (Å²) < 4.78 is 0. The van der Waals surface area contributed by atoms with Gasteiger partial charge in [0.25, 0.3) is 0 Å². The molecule has 0 bridgehead atoms. The quantitative estimate of drug-likeness (QED) is 0.464. The molecule has 4 aliphatic carbocycles. The molecular weight excluding hydrogens is 252 g/mol. The van der Waals surface area contributed by atoms with Crippen LogP contribution in [0, 0.1) is 40.4 Å². The third kappa shape index (κ3) is 1.86. The highest BCUT2D eigenvalue weighted by Gasteiger charge is 2.57. The first-order chi connectivity index (χ1) is 9.95. The molecule has 0 amide bonds. The predicted molar refractivity (Wildman–Crippen MR) is 90.0 cm³/mol. The molecule has 3 saturated carbocycles. The van der Waals surface area contributed by atoms with Crippen molar-refractivity contribution in [2.75, 3.05) is 0 Å². The summed E-state index contributed by atoms with van der Waals surface area (Å²) in [5.41, 5.74) is 3.10. The molecule has 7 atom stereocenters. The van der Waals surface area contributed by atoms with Crippen LogP contribution in [0.3, 0.4) is 0 Å². The standard InChI is InChI=1S/C21H34/c1-14-9-11-21(4)16(13-14)6-7-17-18-8-5-15(2)20(18,3)12-10-19(17)21/h6,14-15,17-19H,5,7-13H2,1-4H3/t14-,15-,17?,18?,19?,20?,21?/m1/s1. The minimum atomic E-state index is 0.572. The van der Waals surface area contributed by atoms with E-state index in [0.717, 1.165) is 29.6 Å². The van der Waals surface area contributed by atoms with Gasteiger partial charge in [0.05, 0.1) is 0 Å². The highest BCUT2D eigenvalue weighted by molar-refractivity contribution is 5.24. The largest absolute Gasteiger partial charge is 0.0845 e. The van der Waals surface area contributed by atoms with E-state index in [9.17, 15) is 0 Å². The van der Waals surface area contributed by atoms with Gasteiger partial charge in [-0.15, -0.1) is 0 Å². The number of allylic oxidation sites excluding steroid dienone is 2. The van der Waals surface area contributed by atoms with Gasteiger partial charge >= 0.3 is 0 Å². The smallest absolute Gasteiger partial charge is 0.00851 e. The van der Waals surface area contributed by atoms with E-state index in [-0.39, 0.29) is 0 Å². The van der Waals surface area contributed by atoms with Gasteiger partial charge in [-0.3, -0.25) is 0 Å². The molecule has 0 aromatic heterocycles. The topological polar surface area (TPSA) is 0 Å². The zero-order chi connectivity index (χ0) is 14.8. The third-order valence-corrected chi connectivity index (χ3v) is 8.82. The van der Waals surface area contributed by atoms with Crippen LogP contribution in [-0.2, 0) is 0 Å². The zero-order valence-corrected chi connectivity index (χ0v) is 14.6. The molecular formula is C21H34. The van der Waals surface area contributed by atoms with Gasteiger partial charge in [0.2, 0.25) is 0 Å². The second-order valence-corrected chi connectivity index (χ2v) is 9.63. The maximum Gasteiger partial charge on any atom is -0.00851 e. The maximum absolute atomic E-state index is 2.71. The van der Waals surface area contributed by atoms with E-state index >= 15 is 0 Å². The molecule has 0 saturated heterocycles. The molecule has 0 spiro atoms. The molecule has 0 heterocycles. The number of hydrogen-bond acceptors (Lipinski definition) is 0. The molecule has 3 fully saturated rings. The monoisotopic (exact) mass is 286 g/mol. The van der Waals surface area contributed by atoms with Crippen LogP contribution in [0.4, 0.5) is 0 Å². The molecule has 0 aromatic rings. The highest BCUT2D eigenvalue weighted by Crippen LogP contribution is 2.66. The Balaban J connectivity index is 1.68. The average Bonchev–Trinajstić information content (AvgIpc) is 2.76. The van der Waals surface area contributed by atoms with Crippen LogP contribution in [0.5, 0.6) is 0 Å². The lowest BCUT2D eigenvalue weighted by Gasteiger charge is -2.58. The number of fused-ring (bicyclic) bond motifs is 5. The van der Waals surface area contributed by atoms with Crippen molar-refractivity contribution in [3.05, 3.63) is 11.6 Å². The lowest BCUT2D eigenvalue weighted by atomic mass is 9.47. The number of rotatable bonds is 0. The van der Waals surface area contributed by atoms with Crippen molar-refractivity contribution in [3.63, 3.8) is 0 Å². The Hall–Kier alpha value is -0.260. The summed E-state index contributed by atoms with van der Waals surface area (Å²) in [5.74, 6) is 4.94. The molecule has 0 nitrogen and oxygen atoms in total. The van der Waals surface area contributed by atoms with Gasteiger partial charge in [-0.1, -0.05) is 39.3 Å². The van der Waals surface area contributed by atoms with Crippen molar-refractivity contribution in [3.8, 4) is 0 Å². The maximum atomic E-state index is 2.71. The predicted octanol–water partition coefficient (Wildman–Crippen LogP) is 6.22. The minimum Gasteiger partial charge on any atom is -0.0845 e. The number of hydrogen-bond donors (Lipinski definition) is 0. The summed E-state index contributed by atoms with van der Waals surface area (Å²) in [6.45, 7) is 10.3. The van der Waals surface area contributed by atoms with E-state index < -0.39 is 0 Å². The Labute approximate surface area is 131 Å². The van der Waals surface area contributed by atoms with Gasteiger partial charge in [-0.05, 0) is 91.8 Å². The fourth-order valence-corrected chi connectivity index (χ4v) is 7.11. The highest BCUT2D eigenvalue weighted by atomic mass is 14.6. The summed E-state index contributed by atoms with van der Waals surface area (Å²) in [7, 11) is 0. The molecule has 21 heavy (non-hydrogen) atoms. The fraction of sp³-hybridized carbons (Fsp3) is 0.905. The van der Waals surface area contributed by atoms with Crippen LogP contribution in [0.1, 0.15) is 79.1 Å². The van der Waals surface area contributed by atoms with E-state index in [0.29, 0.717) is 10.8 Å². The normalized spacial score (nSPS) is 56.2. The third-order valence-electron chi connectivity index (χ3n) is 8.82. The van der Waals surface area contributed by atoms with Crippen molar-refractivity contribution in [2.24, 2.45) is 40.4 Å². The van der Waals surface area contributed by atoms with Crippen LogP contribution in [-0.4, -0.2) is 0 Å². The van der Waals surface area contributed by atoms with E-state index in [1.165, 1.54) is 51.4 Å². The molecule has 0 aliphatic heterocycles. The molecule has 4 aliphatic rings. The van der Waals surface area contributed by atoms with Gasteiger partial charge in [0.1, 0.15) is 0 Å². The van der Waals surface area contributed by atoms with E-state index in [1.807, 2.05) is 5.57 Å². The fourth-order valence-electron chi connectivity index (χ4n) is 7.11. The van der Waals surface area contributed by atoms with E-state index in [4.69, 9.17) is 0 Å². The molecule has 4 rings (SSSR count).